The third kappa shape index (κ3) is 1.85. The van der Waals surface area contributed by atoms with E-state index in [0.29, 0.717) is 13.1 Å². The van der Waals surface area contributed by atoms with Gasteiger partial charge in [0.05, 0.1) is 5.60 Å². The maximum Gasteiger partial charge on any atom is 0.393 e. The molecule has 1 aromatic heterocycles. The number of aromatic carboxylic acids is 1. The largest absolute Gasteiger partial charge is 0.474 e. The van der Waals surface area contributed by atoms with Gasteiger partial charge < -0.3 is 19.5 Å². The molecule has 16 heavy (non-hydrogen) atoms. The fraction of sp³-hybridized carbons (Fsp3) is 0.667. The molecule has 0 saturated carbocycles. The Kier molecular flexibility index (Phi) is 2.34. The van der Waals surface area contributed by atoms with Gasteiger partial charge in [0.25, 0.3) is 0 Å². The van der Waals surface area contributed by atoms with E-state index >= 15 is 0 Å². The van der Waals surface area contributed by atoms with Crippen LogP contribution in [0.3, 0.4) is 0 Å². The third-order valence-electron chi connectivity index (χ3n) is 2.75. The van der Waals surface area contributed by atoms with Crippen molar-refractivity contribution in [3.63, 3.8) is 0 Å². The molecule has 1 aromatic rings. The first-order chi connectivity index (χ1) is 7.38. The van der Waals surface area contributed by atoms with Crippen molar-refractivity contribution in [3.8, 4) is 0 Å². The molecule has 1 aliphatic heterocycles. The molecular formula is C9H13N3O4. The predicted octanol–water partition coefficient (Wildman–Crippen LogP) is -0.0251. The van der Waals surface area contributed by atoms with Gasteiger partial charge in [0.2, 0.25) is 0 Å². The second-order valence-corrected chi connectivity index (χ2v) is 4.45. The van der Waals surface area contributed by atoms with Crippen LogP contribution in [0, 0.1) is 5.92 Å². The number of carboxylic acid groups (broad SMARTS) is 1. The number of carbonyl (C=O) groups is 1. The monoisotopic (exact) mass is 227 g/mol. The SMILES string of the molecule is CC(C)(O)C1CN(c2nnc(C(=O)O)o2)C1. The van der Waals surface area contributed by atoms with Crippen LogP contribution in [0.25, 0.3) is 0 Å². The number of nitrogens with zero attached hydrogens (tertiary/aromatic N) is 3. The van der Waals surface area contributed by atoms with Crippen molar-refractivity contribution in [3.05, 3.63) is 5.89 Å². The average molecular weight is 227 g/mol. The van der Waals surface area contributed by atoms with Crippen molar-refractivity contribution in [2.45, 2.75) is 19.4 Å². The van der Waals surface area contributed by atoms with Crippen LogP contribution >= 0.6 is 0 Å². The molecule has 7 heteroatoms. The molecule has 2 heterocycles. The topological polar surface area (TPSA) is 99.7 Å². The van der Waals surface area contributed by atoms with Crippen LogP contribution in [0.5, 0.6) is 0 Å². The smallest absolute Gasteiger partial charge is 0.393 e. The van der Waals surface area contributed by atoms with Crippen LogP contribution in [0.2, 0.25) is 0 Å². The summed E-state index contributed by atoms with van der Waals surface area (Å²) < 4.78 is 4.93. The summed E-state index contributed by atoms with van der Waals surface area (Å²) in [6.07, 6.45) is 0. The fourth-order valence-electron chi connectivity index (χ4n) is 1.51. The van der Waals surface area contributed by atoms with Gasteiger partial charge in [-0.25, -0.2) is 4.79 Å². The molecule has 0 spiro atoms. The van der Waals surface area contributed by atoms with Crippen LogP contribution in [0.1, 0.15) is 24.5 Å². The molecule has 0 bridgehead atoms. The maximum absolute atomic E-state index is 10.5. The van der Waals surface area contributed by atoms with E-state index in [9.17, 15) is 9.90 Å². The van der Waals surface area contributed by atoms with E-state index in [0.717, 1.165) is 0 Å². The van der Waals surface area contributed by atoms with Crippen molar-refractivity contribution < 1.29 is 19.4 Å². The highest BCUT2D eigenvalue weighted by Crippen LogP contribution is 2.30. The zero-order valence-corrected chi connectivity index (χ0v) is 9.04. The number of carboxylic acids is 1. The Hall–Kier alpha value is -1.63. The summed E-state index contributed by atoms with van der Waals surface area (Å²) >= 11 is 0. The summed E-state index contributed by atoms with van der Waals surface area (Å²) in [6.45, 7) is 4.66. The quantitative estimate of drug-likeness (QED) is 0.748. The van der Waals surface area contributed by atoms with Crippen LogP contribution in [-0.2, 0) is 0 Å². The van der Waals surface area contributed by atoms with Gasteiger partial charge in [0, 0.05) is 19.0 Å². The second kappa shape index (κ2) is 3.44. The van der Waals surface area contributed by atoms with E-state index in [1.54, 1.807) is 18.7 Å². The zero-order valence-electron chi connectivity index (χ0n) is 9.04. The highest BCUT2D eigenvalue weighted by Gasteiger charge is 2.39. The Balaban J connectivity index is 1.99. The lowest BCUT2D eigenvalue weighted by molar-refractivity contribution is 0.00317. The first kappa shape index (κ1) is 10.9. The summed E-state index contributed by atoms with van der Waals surface area (Å²) in [4.78, 5) is 12.3. The molecule has 88 valence electrons. The van der Waals surface area contributed by atoms with E-state index < -0.39 is 17.5 Å². The van der Waals surface area contributed by atoms with Gasteiger partial charge in [-0.05, 0) is 13.8 Å². The molecule has 0 amide bonds. The predicted molar refractivity (Wildman–Crippen MR) is 53.3 cm³/mol. The molecule has 1 fully saturated rings. The summed E-state index contributed by atoms with van der Waals surface area (Å²) in [6, 6.07) is 0.193. The van der Waals surface area contributed by atoms with Crippen LogP contribution in [0.4, 0.5) is 6.01 Å². The third-order valence-corrected chi connectivity index (χ3v) is 2.75. The molecule has 0 atom stereocenters. The highest BCUT2D eigenvalue weighted by molar-refractivity contribution is 5.82. The molecule has 2 rings (SSSR count). The lowest BCUT2D eigenvalue weighted by atomic mass is 9.85. The standard InChI is InChI=1S/C9H13N3O4/c1-9(2,15)5-3-12(4-5)8-11-10-6(16-8)7(13)14/h5,15H,3-4H2,1-2H3,(H,13,14). The number of aromatic nitrogens is 2. The maximum atomic E-state index is 10.5. The van der Waals surface area contributed by atoms with E-state index in [4.69, 9.17) is 9.52 Å². The number of hydrogen-bond acceptors (Lipinski definition) is 6. The Bertz CT molecular complexity index is 403. The first-order valence-corrected chi connectivity index (χ1v) is 4.92. The molecule has 0 aromatic carbocycles. The molecule has 2 N–H and O–H groups in total. The van der Waals surface area contributed by atoms with Gasteiger partial charge in [-0.15, -0.1) is 0 Å². The fourth-order valence-corrected chi connectivity index (χ4v) is 1.51. The summed E-state index contributed by atoms with van der Waals surface area (Å²) in [5.41, 5.74) is -0.744. The lowest BCUT2D eigenvalue weighted by Crippen LogP contribution is -2.56. The van der Waals surface area contributed by atoms with Crippen molar-refractivity contribution in [2.75, 3.05) is 18.0 Å². The number of aliphatic hydroxyl groups is 1. The molecule has 0 aliphatic carbocycles. The van der Waals surface area contributed by atoms with Gasteiger partial charge in [0.1, 0.15) is 0 Å². The second-order valence-electron chi connectivity index (χ2n) is 4.45. The molecule has 1 aliphatic rings. The Morgan fingerprint density at radius 2 is 2.12 bits per heavy atom. The summed E-state index contributed by atoms with van der Waals surface area (Å²) in [5.74, 6) is -1.52. The van der Waals surface area contributed by atoms with Gasteiger partial charge in [-0.2, -0.15) is 0 Å². The zero-order chi connectivity index (χ0) is 11.9. The normalized spacial score (nSPS) is 17.3. The number of rotatable bonds is 3. The van der Waals surface area contributed by atoms with Crippen molar-refractivity contribution >= 4 is 12.0 Å². The van der Waals surface area contributed by atoms with Gasteiger partial charge in [0.15, 0.2) is 0 Å². The first-order valence-electron chi connectivity index (χ1n) is 4.92. The van der Waals surface area contributed by atoms with Crippen LogP contribution in [-0.4, -0.2) is 45.1 Å². The Morgan fingerprint density at radius 1 is 1.50 bits per heavy atom. The molecule has 0 radical (unpaired) electrons. The van der Waals surface area contributed by atoms with Crippen LogP contribution in [0.15, 0.2) is 4.42 Å². The van der Waals surface area contributed by atoms with Gasteiger partial charge in [-0.3, -0.25) is 0 Å². The minimum atomic E-state index is -1.24. The Morgan fingerprint density at radius 3 is 2.56 bits per heavy atom. The molecule has 7 nitrogen and oxygen atoms in total. The van der Waals surface area contributed by atoms with Gasteiger partial charge in [-0.1, -0.05) is 10.2 Å². The van der Waals surface area contributed by atoms with Crippen molar-refractivity contribution in [1.29, 1.82) is 0 Å². The minimum Gasteiger partial charge on any atom is -0.474 e. The molecule has 0 unspecified atom stereocenters. The van der Waals surface area contributed by atoms with E-state index in [-0.39, 0.29) is 11.9 Å². The molecular weight excluding hydrogens is 214 g/mol. The number of hydrogen-bond donors (Lipinski definition) is 2. The average Bonchev–Trinajstić information content (AvgIpc) is 2.46. The minimum absolute atomic E-state index is 0.132. The van der Waals surface area contributed by atoms with E-state index in [1.807, 2.05) is 0 Å². The Labute approximate surface area is 91.7 Å². The van der Waals surface area contributed by atoms with Crippen molar-refractivity contribution in [2.24, 2.45) is 5.92 Å². The van der Waals surface area contributed by atoms with Crippen molar-refractivity contribution in [1.82, 2.24) is 10.2 Å². The lowest BCUT2D eigenvalue weighted by Gasteiger charge is -2.44. The number of anilines is 1. The summed E-state index contributed by atoms with van der Waals surface area (Å²) in [7, 11) is 0. The molecule has 1 saturated heterocycles. The van der Waals surface area contributed by atoms with E-state index in [2.05, 4.69) is 10.2 Å². The van der Waals surface area contributed by atoms with Gasteiger partial charge >= 0.3 is 17.9 Å². The highest BCUT2D eigenvalue weighted by atomic mass is 16.4. The van der Waals surface area contributed by atoms with Crippen LogP contribution < -0.4 is 4.90 Å². The van der Waals surface area contributed by atoms with E-state index in [1.165, 1.54) is 0 Å². The summed E-state index contributed by atoms with van der Waals surface area (Å²) in [5, 5.41) is 25.3.